The van der Waals surface area contributed by atoms with E-state index in [1.165, 1.54) is 0 Å². The van der Waals surface area contributed by atoms with Crippen LogP contribution in [0, 0.1) is 0 Å². The van der Waals surface area contributed by atoms with Gasteiger partial charge in [0, 0.05) is 37.9 Å². The van der Waals surface area contributed by atoms with Gasteiger partial charge in [0.15, 0.2) is 0 Å². The maximum Gasteiger partial charge on any atom is 0.244 e. The highest BCUT2D eigenvalue weighted by molar-refractivity contribution is 6.35. The van der Waals surface area contributed by atoms with Crippen LogP contribution in [0.3, 0.4) is 0 Å². The third kappa shape index (κ3) is 3.38. The van der Waals surface area contributed by atoms with Gasteiger partial charge in [0.1, 0.15) is 6.54 Å². The van der Waals surface area contributed by atoms with Crippen LogP contribution in [-0.2, 0) is 11.3 Å². The molecule has 0 saturated carbocycles. The molecule has 2 aromatic carbocycles. The number of anilines is 1. The van der Waals surface area contributed by atoms with Crippen molar-refractivity contribution < 1.29 is 4.79 Å². The van der Waals surface area contributed by atoms with Crippen molar-refractivity contribution in [1.29, 1.82) is 0 Å². The predicted molar refractivity (Wildman–Crippen MR) is 92.0 cm³/mol. The van der Waals surface area contributed by atoms with Crippen LogP contribution in [0.25, 0.3) is 10.9 Å². The summed E-state index contributed by atoms with van der Waals surface area (Å²) in [5.41, 5.74) is 1.52. The summed E-state index contributed by atoms with van der Waals surface area (Å²) in [7, 11) is 0. The topological polar surface area (TPSA) is 34.0 Å². The smallest absolute Gasteiger partial charge is 0.244 e. The van der Waals surface area contributed by atoms with E-state index in [0.29, 0.717) is 20.8 Å². The van der Waals surface area contributed by atoms with Crippen molar-refractivity contribution in [3.63, 3.8) is 0 Å². The maximum absolute atomic E-state index is 12.2. The second-order valence-corrected chi connectivity index (χ2v) is 6.16. The molecule has 6 heteroatoms. The fourth-order valence-corrected chi connectivity index (χ4v) is 3.00. The molecule has 1 aromatic heterocycles. The van der Waals surface area contributed by atoms with Gasteiger partial charge < -0.3 is 9.88 Å². The fraction of sp³-hybridized carbons (Fsp3) is 0.0625. The van der Waals surface area contributed by atoms with Crippen molar-refractivity contribution in [3.8, 4) is 0 Å². The van der Waals surface area contributed by atoms with Gasteiger partial charge in [-0.3, -0.25) is 4.79 Å². The van der Waals surface area contributed by atoms with Crippen LogP contribution in [0.5, 0.6) is 0 Å². The third-order valence-electron chi connectivity index (χ3n) is 3.19. The van der Waals surface area contributed by atoms with Gasteiger partial charge >= 0.3 is 0 Å². The van der Waals surface area contributed by atoms with Crippen LogP contribution in [-0.4, -0.2) is 10.5 Å². The Morgan fingerprint density at radius 1 is 0.955 bits per heavy atom. The molecule has 0 atom stereocenters. The number of nitrogens with one attached hydrogen (secondary N) is 1. The summed E-state index contributed by atoms with van der Waals surface area (Å²) >= 11 is 17.8. The SMILES string of the molecule is O=C(Cn1ccc2cc(Cl)ccc21)Nc1cc(Cl)cc(Cl)c1. The second-order valence-electron chi connectivity index (χ2n) is 4.85. The number of nitrogens with zero attached hydrogens (tertiary/aromatic N) is 1. The first-order chi connectivity index (χ1) is 10.5. The summed E-state index contributed by atoms with van der Waals surface area (Å²) in [6.07, 6.45) is 1.85. The van der Waals surface area contributed by atoms with Crippen LogP contribution in [0.15, 0.2) is 48.7 Å². The first-order valence-corrected chi connectivity index (χ1v) is 7.65. The minimum absolute atomic E-state index is 0.161. The highest BCUT2D eigenvalue weighted by Gasteiger charge is 2.08. The average molecular weight is 354 g/mol. The lowest BCUT2D eigenvalue weighted by Gasteiger charge is -2.08. The van der Waals surface area contributed by atoms with Crippen molar-refractivity contribution in [2.45, 2.75) is 6.54 Å². The van der Waals surface area contributed by atoms with E-state index in [2.05, 4.69) is 5.32 Å². The minimum Gasteiger partial charge on any atom is -0.338 e. The standard InChI is InChI=1S/C16H11Cl3N2O/c17-11-1-2-15-10(5-11)3-4-21(15)9-16(22)20-14-7-12(18)6-13(19)8-14/h1-8H,9H2,(H,20,22). The zero-order valence-electron chi connectivity index (χ0n) is 11.3. The summed E-state index contributed by atoms with van der Waals surface area (Å²) in [5, 5.41) is 5.40. The van der Waals surface area contributed by atoms with Crippen LogP contribution < -0.4 is 5.32 Å². The van der Waals surface area contributed by atoms with Crippen molar-refractivity contribution in [3.05, 3.63) is 63.7 Å². The summed E-state index contributed by atoms with van der Waals surface area (Å²) in [6, 6.07) is 12.4. The second kappa shape index (κ2) is 6.21. The molecule has 0 unspecified atom stereocenters. The van der Waals surface area contributed by atoms with E-state index >= 15 is 0 Å². The number of hydrogen-bond donors (Lipinski definition) is 1. The van der Waals surface area contributed by atoms with Gasteiger partial charge in [-0.05, 0) is 42.5 Å². The third-order valence-corrected chi connectivity index (χ3v) is 3.86. The van der Waals surface area contributed by atoms with Crippen LogP contribution in [0.4, 0.5) is 5.69 Å². The lowest BCUT2D eigenvalue weighted by atomic mass is 10.2. The molecule has 0 aliphatic carbocycles. The van der Waals surface area contributed by atoms with Crippen LogP contribution in [0.2, 0.25) is 15.1 Å². The number of amides is 1. The molecule has 0 spiro atoms. The first-order valence-electron chi connectivity index (χ1n) is 6.51. The number of rotatable bonds is 3. The molecule has 3 rings (SSSR count). The van der Waals surface area contributed by atoms with Gasteiger partial charge in [0.2, 0.25) is 5.91 Å². The summed E-state index contributed by atoms with van der Waals surface area (Å²) in [4.78, 5) is 12.2. The van der Waals surface area contributed by atoms with Crippen molar-refractivity contribution >= 4 is 57.3 Å². The Morgan fingerprint density at radius 2 is 1.68 bits per heavy atom. The summed E-state index contributed by atoms with van der Waals surface area (Å²) in [5.74, 6) is -0.161. The maximum atomic E-state index is 12.2. The number of halogens is 3. The van der Waals surface area contributed by atoms with Crippen LogP contribution >= 0.6 is 34.8 Å². The van der Waals surface area contributed by atoms with Crippen molar-refractivity contribution in [2.24, 2.45) is 0 Å². The highest BCUT2D eigenvalue weighted by atomic mass is 35.5. The number of hydrogen-bond acceptors (Lipinski definition) is 1. The Bertz CT molecular complexity index is 837. The molecule has 1 heterocycles. The van der Waals surface area contributed by atoms with Gasteiger partial charge in [0.25, 0.3) is 0 Å². The lowest BCUT2D eigenvalue weighted by Crippen LogP contribution is -2.18. The normalized spacial score (nSPS) is 10.9. The van der Waals surface area contributed by atoms with Gasteiger partial charge in [-0.25, -0.2) is 0 Å². The molecule has 0 radical (unpaired) electrons. The Balaban J connectivity index is 1.78. The Labute approximate surface area is 142 Å². The molecule has 3 nitrogen and oxygen atoms in total. The highest BCUT2D eigenvalue weighted by Crippen LogP contribution is 2.23. The molecule has 22 heavy (non-hydrogen) atoms. The van der Waals surface area contributed by atoms with Gasteiger partial charge in [-0.1, -0.05) is 34.8 Å². The molecule has 0 saturated heterocycles. The van der Waals surface area contributed by atoms with Gasteiger partial charge in [-0.2, -0.15) is 0 Å². The van der Waals surface area contributed by atoms with E-state index in [0.717, 1.165) is 10.9 Å². The molecule has 1 N–H and O–H groups in total. The first kappa shape index (κ1) is 15.2. The van der Waals surface area contributed by atoms with E-state index in [9.17, 15) is 4.79 Å². The van der Waals surface area contributed by atoms with Gasteiger partial charge in [0.05, 0.1) is 0 Å². The number of fused-ring (bicyclic) bond motifs is 1. The Kier molecular flexibility index (Phi) is 4.30. The number of benzene rings is 2. The summed E-state index contributed by atoms with van der Waals surface area (Å²) in [6.45, 7) is 0.190. The molecular weight excluding hydrogens is 343 g/mol. The Morgan fingerprint density at radius 3 is 2.41 bits per heavy atom. The van der Waals surface area contributed by atoms with E-state index in [-0.39, 0.29) is 12.5 Å². The zero-order valence-corrected chi connectivity index (χ0v) is 13.6. The number of aromatic nitrogens is 1. The van der Waals surface area contributed by atoms with Crippen molar-refractivity contribution in [1.82, 2.24) is 4.57 Å². The summed E-state index contributed by atoms with van der Waals surface area (Å²) < 4.78 is 1.85. The quantitative estimate of drug-likeness (QED) is 0.686. The average Bonchev–Trinajstić information content (AvgIpc) is 2.79. The molecule has 3 aromatic rings. The van der Waals surface area contributed by atoms with Crippen LogP contribution in [0.1, 0.15) is 0 Å². The molecule has 0 aliphatic rings. The molecule has 1 amide bonds. The lowest BCUT2D eigenvalue weighted by molar-refractivity contribution is -0.116. The number of carbonyl (C=O) groups excluding carboxylic acids is 1. The monoisotopic (exact) mass is 352 g/mol. The van der Waals surface area contributed by atoms with E-state index in [4.69, 9.17) is 34.8 Å². The van der Waals surface area contributed by atoms with Crippen molar-refractivity contribution in [2.75, 3.05) is 5.32 Å². The number of carbonyl (C=O) groups is 1. The Hall–Kier alpha value is -1.68. The largest absolute Gasteiger partial charge is 0.338 e. The van der Waals surface area contributed by atoms with E-state index in [1.54, 1.807) is 24.3 Å². The van der Waals surface area contributed by atoms with E-state index < -0.39 is 0 Å². The molecule has 112 valence electrons. The zero-order chi connectivity index (χ0) is 15.7. The van der Waals surface area contributed by atoms with E-state index in [1.807, 2.05) is 29.0 Å². The molecule has 0 fully saturated rings. The van der Waals surface area contributed by atoms with Gasteiger partial charge in [-0.15, -0.1) is 0 Å². The molecule has 0 bridgehead atoms. The predicted octanol–water partition coefficient (Wildman–Crippen LogP) is 5.24. The molecule has 0 aliphatic heterocycles. The minimum atomic E-state index is -0.161. The molecular formula is C16H11Cl3N2O. The fourth-order valence-electron chi connectivity index (χ4n) is 2.29.